The van der Waals surface area contributed by atoms with Gasteiger partial charge in [0.25, 0.3) is 0 Å². The second kappa shape index (κ2) is 7.31. The van der Waals surface area contributed by atoms with E-state index in [9.17, 15) is 22.4 Å². The minimum absolute atomic E-state index is 0.0421. The van der Waals surface area contributed by atoms with Gasteiger partial charge in [0, 0.05) is 16.8 Å². The van der Waals surface area contributed by atoms with Gasteiger partial charge in [-0.05, 0) is 45.9 Å². The molecule has 1 aromatic carbocycles. The zero-order valence-corrected chi connectivity index (χ0v) is 18.6. The Bertz CT molecular complexity index is 1530. The van der Waals surface area contributed by atoms with Crippen molar-refractivity contribution in [2.45, 2.75) is 39.7 Å². The van der Waals surface area contributed by atoms with Crippen LogP contribution in [0.3, 0.4) is 0 Å². The first-order chi connectivity index (χ1) is 16.0. The fourth-order valence-electron chi connectivity index (χ4n) is 4.20. The quantitative estimate of drug-likeness (QED) is 0.356. The molecule has 174 valence electrons. The molecular formula is C23H18F4N6O. The predicted octanol–water partition coefficient (Wildman–Crippen LogP) is 4.34. The summed E-state index contributed by atoms with van der Waals surface area (Å²) in [6, 6.07) is 2.69. The molecule has 0 saturated carbocycles. The number of nitrogens with zero attached hydrogens (tertiary/aromatic N) is 5. The molecule has 11 heteroatoms. The Balaban J connectivity index is 1.72. The number of carbonyl (C=O) groups excluding carboxylic acids is 1. The summed E-state index contributed by atoms with van der Waals surface area (Å²) in [6.45, 7) is 6.14. The van der Waals surface area contributed by atoms with Gasteiger partial charge in [0.15, 0.2) is 23.1 Å². The van der Waals surface area contributed by atoms with E-state index in [0.717, 1.165) is 10.7 Å². The molecule has 1 aliphatic heterocycles. The Kier molecular flexibility index (Phi) is 4.71. The fraction of sp³-hybridized carbons (Fsp3) is 0.261. The minimum atomic E-state index is -1.35. The zero-order chi connectivity index (χ0) is 24.5. The van der Waals surface area contributed by atoms with E-state index in [1.807, 2.05) is 0 Å². The van der Waals surface area contributed by atoms with E-state index in [1.54, 1.807) is 20.8 Å². The van der Waals surface area contributed by atoms with Gasteiger partial charge in [0.2, 0.25) is 5.91 Å². The maximum Gasteiger partial charge on any atom is 0.235 e. The van der Waals surface area contributed by atoms with Gasteiger partial charge in [-0.3, -0.25) is 4.79 Å². The van der Waals surface area contributed by atoms with Crippen LogP contribution in [0.15, 0.2) is 18.2 Å². The maximum atomic E-state index is 14.4. The highest BCUT2D eigenvalue weighted by Gasteiger charge is 2.41. The number of rotatable bonds is 3. The van der Waals surface area contributed by atoms with Gasteiger partial charge in [-0.1, -0.05) is 0 Å². The van der Waals surface area contributed by atoms with E-state index in [2.05, 4.69) is 25.4 Å². The van der Waals surface area contributed by atoms with Crippen molar-refractivity contribution in [1.82, 2.24) is 24.7 Å². The highest BCUT2D eigenvalue weighted by molar-refractivity contribution is 6.05. The molecule has 4 aromatic rings. The smallest absolute Gasteiger partial charge is 0.235 e. The molecule has 1 aliphatic rings. The van der Waals surface area contributed by atoms with Gasteiger partial charge < -0.3 is 5.32 Å². The van der Waals surface area contributed by atoms with E-state index in [1.165, 1.54) is 13.0 Å². The molecule has 0 aliphatic carbocycles. The molecule has 0 saturated heterocycles. The number of pyridine rings is 1. The molecule has 0 unspecified atom stereocenters. The number of fused-ring (bicyclic) bond motifs is 2. The Morgan fingerprint density at radius 1 is 0.971 bits per heavy atom. The van der Waals surface area contributed by atoms with Crippen LogP contribution >= 0.6 is 0 Å². The van der Waals surface area contributed by atoms with Gasteiger partial charge in [-0.2, -0.15) is 5.10 Å². The van der Waals surface area contributed by atoms with E-state index < -0.39 is 40.8 Å². The molecule has 1 amide bonds. The number of hydrogen-bond acceptors (Lipinski definition) is 5. The van der Waals surface area contributed by atoms with E-state index in [-0.39, 0.29) is 34.2 Å². The molecule has 3 aromatic heterocycles. The minimum Gasteiger partial charge on any atom is -0.310 e. The Morgan fingerprint density at radius 3 is 2.41 bits per heavy atom. The zero-order valence-electron chi connectivity index (χ0n) is 18.6. The average Bonchev–Trinajstić information content (AvgIpc) is 3.22. The van der Waals surface area contributed by atoms with Crippen molar-refractivity contribution in [3.05, 3.63) is 64.0 Å². The van der Waals surface area contributed by atoms with Crippen molar-refractivity contribution in [3.8, 4) is 11.5 Å². The summed E-state index contributed by atoms with van der Waals surface area (Å²) in [5, 5.41) is 7.28. The number of amides is 1. The van der Waals surface area contributed by atoms with Gasteiger partial charge in [-0.15, -0.1) is 0 Å². The van der Waals surface area contributed by atoms with Crippen molar-refractivity contribution < 1.29 is 22.4 Å². The molecule has 0 radical (unpaired) electrons. The summed E-state index contributed by atoms with van der Waals surface area (Å²) in [4.78, 5) is 25.5. The van der Waals surface area contributed by atoms with Crippen LogP contribution in [0.4, 0.5) is 23.4 Å². The second-order valence-corrected chi connectivity index (χ2v) is 8.69. The molecule has 34 heavy (non-hydrogen) atoms. The molecule has 1 N–H and O–H groups in total. The maximum absolute atomic E-state index is 14.4. The normalized spacial score (nSPS) is 14.5. The van der Waals surface area contributed by atoms with Gasteiger partial charge in [-0.25, -0.2) is 37.2 Å². The molecule has 0 bridgehead atoms. The Morgan fingerprint density at radius 2 is 1.68 bits per heavy atom. The summed E-state index contributed by atoms with van der Waals surface area (Å²) < 4.78 is 58.0. The van der Waals surface area contributed by atoms with Crippen LogP contribution in [0.2, 0.25) is 0 Å². The number of nitrogens with one attached hydrogen (secondary N) is 1. The molecule has 0 spiro atoms. The van der Waals surface area contributed by atoms with Gasteiger partial charge in [0.1, 0.15) is 23.1 Å². The van der Waals surface area contributed by atoms with E-state index in [0.29, 0.717) is 23.1 Å². The van der Waals surface area contributed by atoms with Gasteiger partial charge >= 0.3 is 0 Å². The monoisotopic (exact) mass is 470 g/mol. The van der Waals surface area contributed by atoms with Crippen molar-refractivity contribution in [3.63, 3.8) is 0 Å². The Labute approximate surface area is 190 Å². The molecule has 0 fully saturated rings. The van der Waals surface area contributed by atoms with Crippen LogP contribution in [-0.4, -0.2) is 30.6 Å². The standard InChI is InChI=1S/C23H18F4N6O/c1-9-15(26)7-11-18(20-28-10(2)16-19(30-20)31-22(34)23(16,3)4)32-33(21(11)29-9)8-12-13(24)5-6-14(25)17(12)27/h5-7H,8H2,1-4H3,(H,28,30,31,34). The number of anilines is 1. The molecular weight excluding hydrogens is 452 g/mol. The van der Waals surface area contributed by atoms with Crippen LogP contribution in [0.1, 0.15) is 36.4 Å². The number of aromatic nitrogens is 5. The SMILES string of the molecule is Cc1nc2c(cc1F)c(-c1nc(C)c3c(n1)NC(=O)C3(C)C)nn2Cc1c(F)ccc(F)c1F. The lowest BCUT2D eigenvalue weighted by Gasteiger charge is -2.16. The van der Waals surface area contributed by atoms with E-state index >= 15 is 0 Å². The van der Waals surface area contributed by atoms with Crippen molar-refractivity contribution >= 4 is 22.8 Å². The number of aryl methyl sites for hydroxylation is 2. The number of benzene rings is 1. The van der Waals surface area contributed by atoms with Crippen LogP contribution in [0.25, 0.3) is 22.6 Å². The second-order valence-electron chi connectivity index (χ2n) is 8.69. The summed E-state index contributed by atoms with van der Waals surface area (Å²) in [5.41, 5.74) is 0.0194. The lowest BCUT2D eigenvalue weighted by atomic mass is 9.86. The lowest BCUT2D eigenvalue weighted by molar-refractivity contribution is -0.119. The molecule has 7 nitrogen and oxygen atoms in total. The lowest BCUT2D eigenvalue weighted by Crippen LogP contribution is -2.27. The summed E-state index contributed by atoms with van der Waals surface area (Å²) in [6.07, 6.45) is 0. The molecule has 4 heterocycles. The molecule has 0 atom stereocenters. The number of halogens is 4. The van der Waals surface area contributed by atoms with Crippen molar-refractivity contribution in [2.24, 2.45) is 0 Å². The third kappa shape index (κ3) is 3.14. The van der Waals surface area contributed by atoms with Crippen LogP contribution in [0, 0.1) is 37.1 Å². The topological polar surface area (TPSA) is 85.6 Å². The molecule has 5 rings (SSSR count). The van der Waals surface area contributed by atoms with Crippen molar-refractivity contribution in [2.75, 3.05) is 5.32 Å². The average molecular weight is 470 g/mol. The third-order valence-corrected chi connectivity index (χ3v) is 6.02. The first-order valence-corrected chi connectivity index (χ1v) is 10.4. The highest BCUT2D eigenvalue weighted by Crippen LogP contribution is 2.39. The predicted molar refractivity (Wildman–Crippen MR) is 115 cm³/mol. The summed E-state index contributed by atoms with van der Waals surface area (Å²) in [5.74, 6) is -4.00. The van der Waals surface area contributed by atoms with Crippen LogP contribution < -0.4 is 5.32 Å². The van der Waals surface area contributed by atoms with Crippen LogP contribution in [-0.2, 0) is 16.8 Å². The van der Waals surface area contributed by atoms with Crippen LogP contribution in [0.5, 0.6) is 0 Å². The third-order valence-electron chi connectivity index (χ3n) is 6.02. The first-order valence-electron chi connectivity index (χ1n) is 10.4. The van der Waals surface area contributed by atoms with Crippen molar-refractivity contribution in [1.29, 1.82) is 0 Å². The number of hydrogen-bond donors (Lipinski definition) is 1. The summed E-state index contributed by atoms with van der Waals surface area (Å²) >= 11 is 0. The Hall–Kier alpha value is -3.89. The first kappa shape index (κ1) is 21.9. The highest BCUT2D eigenvalue weighted by atomic mass is 19.2. The van der Waals surface area contributed by atoms with Gasteiger partial charge in [0.05, 0.1) is 23.0 Å². The summed E-state index contributed by atoms with van der Waals surface area (Å²) in [7, 11) is 0. The van der Waals surface area contributed by atoms with E-state index in [4.69, 9.17) is 0 Å². The number of carbonyl (C=O) groups is 1. The fourth-order valence-corrected chi connectivity index (χ4v) is 4.20. The largest absolute Gasteiger partial charge is 0.310 e.